The molecule has 0 bridgehead atoms. The molecule has 0 saturated carbocycles. The maximum atomic E-state index is 13.2. The molecule has 10 heteroatoms. The molecular formula is C25H27F3N6O. The molecule has 1 aliphatic heterocycles. The molecule has 2 amide bonds. The molecule has 1 aliphatic rings. The van der Waals surface area contributed by atoms with Crippen molar-refractivity contribution in [3.63, 3.8) is 0 Å². The van der Waals surface area contributed by atoms with Crippen LogP contribution >= 0.6 is 0 Å². The highest BCUT2D eigenvalue weighted by Crippen LogP contribution is 2.32. The van der Waals surface area contributed by atoms with Crippen molar-refractivity contribution in [1.29, 1.82) is 0 Å². The number of likely N-dealkylation sites (N-methyl/N-ethyl adjacent to an activating group) is 1. The quantitative estimate of drug-likeness (QED) is 0.486. The summed E-state index contributed by atoms with van der Waals surface area (Å²) in [6.07, 6.45) is -1.64. The van der Waals surface area contributed by atoms with Gasteiger partial charge >= 0.3 is 12.2 Å². The van der Waals surface area contributed by atoms with Crippen LogP contribution in [0.2, 0.25) is 0 Å². The first-order valence-electron chi connectivity index (χ1n) is 13.4. The molecule has 184 valence electrons. The SMILES string of the molecule is [2H]C([2H])([2H])N1C(=O)N(c2ccnc(N[C@@H](C)c3ccc(-c4cccc(C(F)(F)F)c4)cn3)n2)[C@@H](C(C)C)C1([2H])[2H]. The number of carbonyl (C=O) groups excluding carboxylic acids is 1. The van der Waals surface area contributed by atoms with E-state index in [1.165, 1.54) is 24.5 Å². The van der Waals surface area contributed by atoms with Crippen LogP contribution in [0.1, 0.15) is 44.9 Å². The molecule has 1 fully saturated rings. The Balaban J connectivity index is 1.56. The Morgan fingerprint density at radius 2 is 1.94 bits per heavy atom. The van der Waals surface area contributed by atoms with Crippen molar-refractivity contribution in [1.82, 2.24) is 19.9 Å². The number of aromatic nitrogens is 3. The second-order valence-corrected chi connectivity index (χ2v) is 8.46. The van der Waals surface area contributed by atoms with E-state index in [0.29, 0.717) is 16.8 Å². The van der Waals surface area contributed by atoms with Gasteiger partial charge in [-0.05, 0) is 42.7 Å². The van der Waals surface area contributed by atoms with Gasteiger partial charge in [0.05, 0.1) is 26.1 Å². The Labute approximate surface area is 209 Å². The van der Waals surface area contributed by atoms with Gasteiger partial charge in [0.25, 0.3) is 0 Å². The van der Waals surface area contributed by atoms with Crippen LogP contribution in [-0.4, -0.2) is 45.4 Å². The average molecular weight is 490 g/mol. The van der Waals surface area contributed by atoms with Crippen LogP contribution in [0.5, 0.6) is 0 Å². The van der Waals surface area contributed by atoms with Crippen LogP contribution in [0.4, 0.5) is 29.7 Å². The number of urea groups is 1. The molecule has 2 aromatic heterocycles. The van der Waals surface area contributed by atoms with Gasteiger partial charge in [0, 0.05) is 35.5 Å². The molecule has 7 nitrogen and oxygen atoms in total. The smallest absolute Gasteiger partial charge is 0.346 e. The lowest BCUT2D eigenvalue weighted by Gasteiger charge is -2.25. The predicted molar refractivity (Wildman–Crippen MR) is 128 cm³/mol. The highest BCUT2D eigenvalue weighted by Gasteiger charge is 2.38. The van der Waals surface area contributed by atoms with Crippen molar-refractivity contribution in [3.05, 3.63) is 66.1 Å². The predicted octanol–water partition coefficient (Wildman–Crippen LogP) is 5.63. The number of hydrogen-bond acceptors (Lipinski definition) is 5. The molecule has 3 aromatic rings. The normalized spacial score (nSPS) is 21.2. The van der Waals surface area contributed by atoms with Crippen molar-refractivity contribution in [2.75, 3.05) is 23.7 Å². The van der Waals surface area contributed by atoms with E-state index < -0.39 is 49.2 Å². The van der Waals surface area contributed by atoms with Crippen LogP contribution in [0, 0.1) is 5.92 Å². The highest BCUT2D eigenvalue weighted by molar-refractivity contribution is 5.94. The first-order chi connectivity index (χ1) is 18.5. The van der Waals surface area contributed by atoms with Crippen LogP contribution in [0.15, 0.2) is 54.9 Å². The summed E-state index contributed by atoms with van der Waals surface area (Å²) in [4.78, 5) is 27.3. The summed E-state index contributed by atoms with van der Waals surface area (Å²) in [6.45, 7) is -0.369. The third kappa shape index (κ3) is 5.21. The van der Waals surface area contributed by atoms with E-state index in [0.717, 1.165) is 17.0 Å². The van der Waals surface area contributed by atoms with E-state index in [1.807, 2.05) is 0 Å². The van der Waals surface area contributed by atoms with Gasteiger partial charge in [-0.3, -0.25) is 9.88 Å². The monoisotopic (exact) mass is 489 g/mol. The Kier molecular flexibility index (Phi) is 5.06. The topological polar surface area (TPSA) is 74.2 Å². The summed E-state index contributed by atoms with van der Waals surface area (Å²) < 4.78 is 79.2. The van der Waals surface area contributed by atoms with Crippen LogP contribution in [-0.2, 0) is 6.18 Å². The summed E-state index contributed by atoms with van der Waals surface area (Å²) in [5, 5.41) is 3.04. The number of alkyl halides is 3. The fraction of sp³-hybridized carbons (Fsp3) is 0.360. The molecule has 0 aliphatic carbocycles. The summed E-state index contributed by atoms with van der Waals surface area (Å²) in [7, 11) is 0. The number of nitrogens with one attached hydrogen (secondary N) is 1. The minimum atomic E-state index is -4.46. The molecule has 0 radical (unpaired) electrons. The summed E-state index contributed by atoms with van der Waals surface area (Å²) in [5.74, 6) is -0.343. The Hall–Kier alpha value is -3.69. The fourth-order valence-corrected chi connectivity index (χ4v) is 3.69. The molecule has 1 N–H and O–H groups in total. The number of pyridine rings is 1. The second-order valence-electron chi connectivity index (χ2n) is 8.46. The minimum absolute atomic E-state index is 0.0249. The number of hydrogen-bond donors (Lipinski definition) is 1. The van der Waals surface area contributed by atoms with Crippen molar-refractivity contribution in [2.45, 2.75) is 39.0 Å². The van der Waals surface area contributed by atoms with Gasteiger partial charge in [-0.15, -0.1) is 0 Å². The van der Waals surface area contributed by atoms with E-state index in [2.05, 4.69) is 20.3 Å². The molecule has 1 saturated heterocycles. The highest BCUT2D eigenvalue weighted by atomic mass is 19.4. The van der Waals surface area contributed by atoms with Gasteiger partial charge in [0.15, 0.2) is 0 Å². The summed E-state index contributed by atoms with van der Waals surface area (Å²) in [5.41, 5.74) is 0.645. The van der Waals surface area contributed by atoms with Gasteiger partial charge in [-0.25, -0.2) is 9.78 Å². The number of amides is 2. The molecule has 1 aromatic carbocycles. The maximum absolute atomic E-state index is 13.2. The number of rotatable bonds is 6. The molecule has 3 heterocycles. The van der Waals surface area contributed by atoms with E-state index >= 15 is 0 Å². The van der Waals surface area contributed by atoms with Crippen LogP contribution in [0.3, 0.4) is 0 Å². The molecule has 35 heavy (non-hydrogen) atoms. The van der Waals surface area contributed by atoms with Crippen LogP contribution < -0.4 is 10.2 Å². The lowest BCUT2D eigenvalue weighted by atomic mass is 10.0. The lowest BCUT2D eigenvalue weighted by molar-refractivity contribution is -0.137. The minimum Gasteiger partial charge on any atom is -0.346 e. The number of benzene rings is 1. The number of anilines is 2. The summed E-state index contributed by atoms with van der Waals surface area (Å²) in [6, 6.07) is 7.00. The molecule has 4 rings (SSSR count). The molecular weight excluding hydrogens is 457 g/mol. The fourth-order valence-electron chi connectivity index (χ4n) is 3.69. The third-order valence-electron chi connectivity index (χ3n) is 5.55. The van der Waals surface area contributed by atoms with Gasteiger partial charge in [-0.2, -0.15) is 18.2 Å². The number of nitrogens with zero attached hydrogens (tertiary/aromatic N) is 5. The van der Waals surface area contributed by atoms with Crippen molar-refractivity contribution in [2.24, 2.45) is 5.92 Å². The van der Waals surface area contributed by atoms with E-state index in [9.17, 15) is 18.0 Å². The zero-order valence-electron chi connectivity index (χ0n) is 24.2. The lowest BCUT2D eigenvalue weighted by Crippen LogP contribution is -2.38. The Bertz CT molecular complexity index is 1380. The standard InChI is InChI=1S/C25H27F3N6O/c1-15(2)21-14-33(4)24(35)34(21)22-10-11-29-23(32-22)31-16(3)20-9-8-18(13-30-20)17-6-5-7-19(12-17)25(26,27)28/h5-13,15-16,21H,14H2,1-4H3,(H,29,31,32)/t16-,21+/m0/s1/i4D3,14D2. The van der Waals surface area contributed by atoms with E-state index in [-0.39, 0.29) is 16.7 Å². The van der Waals surface area contributed by atoms with E-state index in [4.69, 9.17) is 6.85 Å². The zero-order chi connectivity index (χ0) is 29.6. The van der Waals surface area contributed by atoms with E-state index in [1.54, 1.807) is 39.0 Å². The first-order valence-corrected chi connectivity index (χ1v) is 10.9. The largest absolute Gasteiger partial charge is 0.416 e. The second kappa shape index (κ2) is 9.52. The van der Waals surface area contributed by atoms with Gasteiger partial charge < -0.3 is 10.2 Å². The number of halogens is 3. The first kappa shape index (κ1) is 18.6. The zero-order valence-corrected chi connectivity index (χ0v) is 19.2. The van der Waals surface area contributed by atoms with Crippen molar-refractivity contribution in [3.8, 4) is 11.1 Å². The van der Waals surface area contributed by atoms with Gasteiger partial charge in [0.1, 0.15) is 5.82 Å². The van der Waals surface area contributed by atoms with Gasteiger partial charge in [-0.1, -0.05) is 32.0 Å². The summed E-state index contributed by atoms with van der Waals surface area (Å²) >= 11 is 0. The maximum Gasteiger partial charge on any atom is 0.416 e. The molecule has 0 unspecified atom stereocenters. The molecule has 0 spiro atoms. The van der Waals surface area contributed by atoms with Crippen molar-refractivity contribution >= 4 is 17.8 Å². The van der Waals surface area contributed by atoms with Gasteiger partial charge in [0.2, 0.25) is 5.95 Å². The van der Waals surface area contributed by atoms with Crippen molar-refractivity contribution < 1.29 is 24.8 Å². The Morgan fingerprint density at radius 1 is 1.14 bits per heavy atom. The average Bonchev–Trinajstić information content (AvgIpc) is 3.08. The number of carbonyl (C=O) groups is 1. The third-order valence-corrected chi connectivity index (χ3v) is 5.55. The van der Waals surface area contributed by atoms with Crippen LogP contribution in [0.25, 0.3) is 11.1 Å². The Morgan fingerprint density at radius 3 is 2.60 bits per heavy atom. The molecule has 2 atom stereocenters.